The van der Waals surface area contributed by atoms with Crippen molar-refractivity contribution >= 4 is 0 Å². The van der Waals surface area contributed by atoms with E-state index in [4.69, 9.17) is 9.47 Å². The molecule has 0 amide bonds. The molecule has 1 unspecified atom stereocenters. The zero-order valence-corrected chi connectivity index (χ0v) is 9.92. The Morgan fingerprint density at radius 2 is 1.94 bits per heavy atom. The van der Waals surface area contributed by atoms with E-state index in [2.05, 4.69) is 5.32 Å². The maximum atomic E-state index is 13.1. The molecule has 0 spiro atoms. The van der Waals surface area contributed by atoms with Crippen molar-refractivity contribution in [2.24, 2.45) is 0 Å². The molecule has 0 aromatic heterocycles. The Kier molecular flexibility index (Phi) is 3.07. The lowest BCUT2D eigenvalue weighted by atomic mass is 9.93. The summed E-state index contributed by atoms with van der Waals surface area (Å²) >= 11 is 0. The second-order valence-corrected chi connectivity index (χ2v) is 4.64. The van der Waals surface area contributed by atoms with Gasteiger partial charge in [0.1, 0.15) is 0 Å². The lowest BCUT2D eigenvalue weighted by Gasteiger charge is -2.26. The summed E-state index contributed by atoms with van der Waals surface area (Å²) in [4.78, 5) is 0. The highest BCUT2D eigenvalue weighted by Gasteiger charge is 2.26. The smallest absolute Gasteiger partial charge is 0.264 e. The average molecular weight is 255 g/mol. The summed E-state index contributed by atoms with van der Waals surface area (Å²) in [6, 6.07) is 3.11. The van der Waals surface area contributed by atoms with Crippen LogP contribution in [0.1, 0.15) is 42.9 Å². The Morgan fingerprint density at radius 3 is 2.61 bits per heavy atom. The summed E-state index contributed by atoms with van der Waals surface area (Å²) in [5, 5.41) is 3.29. The summed E-state index contributed by atoms with van der Waals surface area (Å²) in [5.41, 5.74) is 0.701. The van der Waals surface area contributed by atoms with E-state index < -0.39 is 6.43 Å². The minimum absolute atomic E-state index is 0.00255. The molecule has 1 N–H and O–H groups in total. The zero-order valence-electron chi connectivity index (χ0n) is 9.92. The third kappa shape index (κ3) is 2.03. The number of hydrogen-bond acceptors (Lipinski definition) is 3. The Balaban J connectivity index is 2.00. The first-order valence-corrected chi connectivity index (χ1v) is 6.20. The van der Waals surface area contributed by atoms with Gasteiger partial charge in [0.2, 0.25) is 6.79 Å². The van der Waals surface area contributed by atoms with Crippen molar-refractivity contribution < 1.29 is 18.3 Å². The molecule has 0 aliphatic carbocycles. The fraction of sp³-hybridized carbons (Fsp3) is 0.538. The molecule has 1 aromatic carbocycles. The van der Waals surface area contributed by atoms with Crippen LogP contribution in [0.5, 0.6) is 11.5 Å². The molecule has 5 heteroatoms. The highest BCUT2D eigenvalue weighted by atomic mass is 19.3. The molecule has 1 fully saturated rings. The number of piperidine rings is 1. The van der Waals surface area contributed by atoms with Crippen molar-refractivity contribution in [2.45, 2.75) is 31.7 Å². The third-order valence-corrected chi connectivity index (χ3v) is 3.50. The summed E-state index contributed by atoms with van der Waals surface area (Å²) in [7, 11) is 0. The molecule has 0 bridgehead atoms. The molecule has 0 radical (unpaired) electrons. The van der Waals surface area contributed by atoms with Gasteiger partial charge in [0, 0.05) is 11.6 Å². The monoisotopic (exact) mass is 255 g/mol. The number of benzene rings is 1. The Labute approximate surface area is 104 Å². The van der Waals surface area contributed by atoms with Crippen molar-refractivity contribution in [3.8, 4) is 11.5 Å². The number of ether oxygens (including phenoxy) is 2. The third-order valence-electron chi connectivity index (χ3n) is 3.50. The molecular weight excluding hydrogens is 240 g/mol. The van der Waals surface area contributed by atoms with E-state index in [1.165, 1.54) is 6.07 Å². The lowest BCUT2D eigenvalue weighted by Crippen LogP contribution is -2.27. The van der Waals surface area contributed by atoms with E-state index in [0.29, 0.717) is 17.1 Å². The molecule has 1 aromatic rings. The van der Waals surface area contributed by atoms with Gasteiger partial charge in [0.15, 0.2) is 11.5 Å². The number of alkyl halides is 2. The highest BCUT2D eigenvalue weighted by molar-refractivity contribution is 5.50. The summed E-state index contributed by atoms with van der Waals surface area (Å²) in [5.74, 6) is 0.992. The highest BCUT2D eigenvalue weighted by Crippen LogP contribution is 2.41. The Morgan fingerprint density at radius 1 is 1.17 bits per heavy atom. The van der Waals surface area contributed by atoms with Crippen LogP contribution in [-0.4, -0.2) is 13.3 Å². The molecular formula is C13H15F2NO2. The minimum atomic E-state index is -2.49. The largest absolute Gasteiger partial charge is 0.454 e. The number of halogens is 2. The fourth-order valence-corrected chi connectivity index (χ4v) is 2.58. The van der Waals surface area contributed by atoms with Crippen LogP contribution in [0, 0.1) is 0 Å². The van der Waals surface area contributed by atoms with Crippen LogP contribution >= 0.6 is 0 Å². The standard InChI is InChI=1S/C13H15F2NO2/c14-13(15)9-6-12-11(17-7-18-12)5-8(9)10-3-1-2-4-16-10/h5-6,10,13,16H,1-4,7H2. The van der Waals surface area contributed by atoms with Gasteiger partial charge in [-0.15, -0.1) is 0 Å². The van der Waals surface area contributed by atoms with Gasteiger partial charge in [-0.2, -0.15) is 0 Å². The van der Waals surface area contributed by atoms with E-state index in [9.17, 15) is 8.78 Å². The van der Waals surface area contributed by atoms with E-state index in [-0.39, 0.29) is 18.4 Å². The topological polar surface area (TPSA) is 30.5 Å². The molecule has 0 saturated carbocycles. The number of hydrogen-bond donors (Lipinski definition) is 1. The first-order valence-electron chi connectivity index (χ1n) is 6.20. The van der Waals surface area contributed by atoms with Crippen molar-refractivity contribution in [2.75, 3.05) is 13.3 Å². The Hall–Kier alpha value is -1.36. The van der Waals surface area contributed by atoms with Crippen LogP contribution in [0.4, 0.5) is 8.78 Å². The molecule has 2 aliphatic rings. The van der Waals surface area contributed by atoms with E-state index >= 15 is 0 Å². The van der Waals surface area contributed by atoms with Gasteiger partial charge >= 0.3 is 0 Å². The van der Waals surface area contributed by atoms with Gasteiger partial charge in [0.25, 0.3) is 6.43 Å². The molecule has 2 heterocycles. The maximum Gasteiger partial charge on any atom is 0.264 e. The van der Waals surface area contributed by atoms with Crippen molar-refractivity contribution in [3.05, 3.63) is 23.3 Å². The average Bonchev–Trinajstić information content (AvgIpc) is 2.85. The Bertz CT molecular complexity index is 445. The molecule has 1 saturated heterocycles. The summed E-state index contributed by atoms with van der Waals surface area (Å²) < 4.78 is 36.7. The minimum Gasteiger partial charge on any atom is -0.454 e. The summed E-state index contributed by atoms with van der Waals surface area (Å²) in [6.07, 6.45) is 0.567. The number of rotatable bonds is 2. The van der Waals surface area contributed by atoms with Gasteiger partial charge < -0.3 is 14.8 Å². The second kappa shape index (κ2) is 4.72. The first-order chi connectivity index (χ1) is 8.75. The molecule has 3 nitrogen and oxygen atoms in total. The predicted octanol–water partition coefficient (Wildman–Crippen LogP) is 3.17. The molecule has 18 heavy (non-hydrogen) atoms. The van der Waals surface area contributed by atoms with Gasteiger partial charge in [0.05, 0.1) is 0 Å². The molecule has 2 aliphatic heterocycles. The van der Waals surface area contributed by atoms with Crippen molar-refractivity contribution in [1.82, 2.24) is 5.32 Å². The van der Waals surface area contributed by atoms with Crippen LogP contribution in [0.2, 0.25) is 0 Å². The van der Waals surface area contributed by atoms with Crippen LogP contribution in [-0.2, 0) is 0 Å². The normalized spacial score (nSPS) is 22.5. The number of nitrogens with one attached hydrogen (secondary N) is 1. The quantitative estimate of drug-likeness (QED) is 0.880. The van der Waals surface area contributed by atoms with Crippen molar-refractivity contribution in [1.29, 1.82) is 0 Å². The molecule has 1 atom stereocenters. The van der Waals surface area contributed by atoms with Gasteiger partial charge in [-0.05, 0) is 37.1 Å². The van der Waals surface area contributed by atoms with Crippen molar-refractivity contribution in [3.63, 3.8) is 0 Å². The van der Waals surface area contributed by atoms with Gasteiger partial charge in [-0.3, -0.25) is 0 Å². The van der Waals surface area contributed by atoms with E-state index in [1.54, 1.807) is 6.07 Å². The lowest BCUT2D eigenvalue weighted by molar-refractivity contribution is 0.148. The first kappa shape index (κ1) is 11.7. The van der Waals surface area contributed by atoms with Crippen LogP contribution < -0.4 is 14.8 Å². The van der Waals surface area contributed by atoms with Crippen LogP contribution in [0.3, 0.4) is 0 Å². The maximum absolute atomic E-state index is 13.1. The summed E-state index contributed by atoms with van der Waals surface area (Å²) in [6.45, 7) is 0.987. The van der Waals surface area contributed by atoms with E-state index in [0.717, 1.165) is 25.8 Å². The molecule has 98 valence electrons. The predicted molar refractivity (Wildman–Crippen MR) is 62.1 cm³/mol. The molecule has 3 rings (SSSR count). The van der Waals surface area contributed by atoms with Gasteiger partial charge in [-0.1, -0.05) is 6.42 Å². The number of fused-ring (bicyclic) bond motifs is 1. The SMILES string of the molecule is FC(F)c1cc2c(cc1C1CCCCN1)OCO2. The zero-order chi connectivity index (χ0) is 12.5. The fourth-order valence-electron chi connectivity index (χ4n) is 2.58. The van der Waals surface area contributed by atoms with Crippen LogP contribution in [0.25, 0.3) is 0 Å². The second-order valence-electron chi connectivity index (χ2n) is 4.64. The van der Waals surface area contributed by atoms with Gasteiger partial charge in [-0.25, -0.2) is 8.78 Å². The van der Waals surface area contributed by atoms with Crippen LogP contribution in [0.15, 0.2) is 12.1 Å². The van der Waals surface area contributed by atoms with E-state index in [1.807, 2.05) is 0 Å².